The summed E-state index contributed by atoms with van der Waals surface area (Å²) in [5, 5.41) is 8.35. The molecule has 0 spiro atoms. The Morgan fingerprint density at radius 3 is 2.38 bits per heavy atom. The Kier molecular flexibility index (Phi) is 3.08. The maximum atomic E-state index is 12.8. The van der Waals surface area contributed by atoms with Crippen molar-refractivity contribution in [3.8, 4) is 0 Å². The molecular formula is C9H7F3O. The van der Waals surface area contributed by atoms with Gasteiger partial charge in [0, 0.05) is 5.56 Å². The van der Waals surface area contributed by atoms with Crippen LogP contribution in [-0.4, -0.2) is 11.7 Å². The molecule has 1 nitrogen and oxygen atoms in total. The minimum Gasteiger partial charge on any atom is -0.392 e. The molecule has 0 atom stereocenters. The van der Waals surface area contributed by atoms with Crippen LogP contribution in [0.5, 0.6) is 0 Å². The molecule has 0 saturated heterocycles. The van der Waals surface area contributed by atoms with E-state index in [-0.39, 0.29) is 6.61 Å². The zero-order chi connectivity index (χ0) is 9.84. The molecule has 0 fully saturated rings. The van der Waals surface area contributed by atoms with Gasteiger partial charge in [-0.1, -0.05) is 12.2 Å². The highest BCUT2D eigenvalue weighted by molar-refractivity contribution is 5.50. The molecule has 1 aromatic carbocycles. The van der Waals surface area contributed by atoms with Gasteiger partial charge in [0.05, 0.1) is 6.61 Å². The first-order chi connectivity index (χ1) is 6.16. The number of hydrogen-bond acceptors (Lipinski definition) is 1. The van der Waals surface area contributed by atoms with Crippen LogP contribution >= 0.6 is 0 Å². The number of halogens is 3. The predicted molar refractivity (Wildman–Crippen MR) is 42.4 cm³/mol. The molecule has 0 amide bonds. The summed E-state index contributed by atoms with van der Waals surface area (Å²) >= 11 is 0. The maximum absolute atomic E-state index is 12.8. The van der Waals surface area contributed by atoms with Gasteiger partial charge in [0.2, 0.25) is 0 Å². The maximum Gasteiger partial charge on any atom is 0.168 e. The summed E-state index contributed by atoms with van der Waals surface area (Å²) < 4.78 is 38.2. The fraction of sp³-hybridized carbons (Fsp3) is 0.111. The van der Waals surface area contributed by atoms with E-state index in [1.54, 1.807) is 0 Å². The molecule has 4 heteroatoms. The van der Waals surface area contributed by atoms with Crippen molar-refractivity contribution in [3.05, 3.63) is 41.2 Å². The first kappa shape index (κ1) is 9.80. The van der Waals surface area contributed by atoms with Crippen LogP contribution in [0, 0.1) is 17.5 Å². The third-order valence-corrected chi connectivity index (χ3v) is 1.47. The van der Waals surface area contributed by atoms with E-state index in [9.17, 15) is 13.2 Å². The summed E-state index contributed by atoms with van der Waals surface area (Å²) in [5.41, 5.74) is -0.478. The van der Waals surface area contributed by atoms with E-state index in [0.29, 0.717) is 6.07 Å². The fourth-order valence-corrected chi connectivity index (χ4v) is 0.866. The van der Waals surface area contributed by atoms with Gasteiger partial charge in [-0.05, 0) is 12.1 Å². The average molecular weight is 188 g/mol. The zero-order valence-electron chi connectivity index (χ0n) is 6.60. The number of hydrogen-bond donors (Lipinski definition) is 1. The first-order valence-electron chi connectivity index (χ1n) is 3.57. The Hall–Kier alpha value is -1.29. The van der Waals surface area contributed by atoms with Crippen LogP contribution in [0.4, 0.5) is 13.2 Å². The smallest absolute Gasteiger partial charge is 0.168 e. The molecule has 13 heavy (non-hydrogen) atoms. The van der Waals surface area contributed by atoms with Crippen LogP contribution in [0.25, 0.3) is 6.08 Å². The summed E-state index contributed by atoms with van der Waals surface area (Å²) in [5.74, 6) is -3.22. The van der Waals surface area contributed by atoms with Crippen molar-refractivity contribution in [1.29, 1.82) is 0 Å². The third kappa shape index (κ3) is 2.09. The van der Waals surface area contributed by atoms with Crippen molar-refractivity contribution in [3.63, 3.8) is 0 Å². The molecule has 0 unspecified atom stereocenters. The molecule has 0 heterocycles. The Labute approximate surface area is 73.1 Å². The minimum atomic E-state index is -1.25. The lowest BCUT2D eigenvalue weighted by atomic mass is 10.2. The molecule has 0 bridgehead atoms. The number of benzene rings is 1. The SMILES string of the molecule is OC/C=C/c1c(F)ccc(F)c1F. The van der Waals surface area contributed by atoms with E-state index >= 15 is 0 Å². The van der Waals surface area contributed by atoms with Crippen molar-refractivity contribution >= 4 is 6.08 Å². The van der Waals surface area contributed by atoms with Crippen LogP contribution in [-0.2, 0) is 0 Å². The van der Waals surface area contributed by atoms with E-state index in [0.717, 1.165) is 18.2 Å². The lowest BCUT2D eigenvalue weighted by molar-refractivity contribution is 0.343. The van der Waals surface area contributed by atoms with Gasteiger partial charge in [0.1, 0.15) is 5.82 Å². The van der Waals surface area contributed by atoms with E-state index in [1.165, 1.54) is 0 Å². The van der Waals surface area contributed by atoms with Crippen molar-refractivity contribution < 1.29 is 18.3 Å². The van der Waals surface area contributed by atoms with Crippen LogP contribution in [0.2, 0.25) is 0 Å². The van der Waals surface area contributed by atoms with Crippen molar-refractivity contribution in [2.24, 2.45) is 0 Å². The molecule has 0 aliphatic heterocycles. The summed E-state index contributed by atoms with van der Waals surface area (Å²) in [4.78, 5) is 0. The number of rotatable bonds is 2. The Balaban J connectivity index is 3.17. The highest BCUT2D eigenvalue weighted by Crippen LogP contribution is 2.16. The molecule has 0 aliphatic rings. The van der Waals surface area contributed by atoms with Crippen LogP contribution in [0.3, 0.4) is 0 Å². The molecule has 1 aromatic rings. The molecule has 1 N–H and O–H groups in total. The monoisotopic (exact) mass is 188 g/mol. The third-order valence-electron chi connectivity index (χ3n) is 1.47. The molecule has 0 saturated carbocycles. The minimum absolute atomic E-state index is 0.352. The zero-order valence-corrected chi connectivity index (χ0v) is 6.60. The van der Waals surface area contributed by atoms with Gasteiger partial charge in [-0.3, -0.25) is 0 Å². The van der Waals surface area contributed by atoms with Crippen LogP contribution < -0.4 is 0 Å². The van der Waals surface area contributed by atoms with E-state index in [4.69, 9.17) is 5.11 Å². The van der Waals surface area contributed by atoms with Gasteiger partial charge >= 0.3 is 0 Å². The second kappa shape index (κ2) is 4.09. The van der Waals surface area contributed by atoms with E-state index < -0.39 is 23.0 Å². The predicted octanol–water partition coefficient (Wildman–Crippen LogP) is 2.11. The molecule has 0 aliphatic carbocycles. The van der Waals surface area contributed by atoms with Crippen molar-refractivity contribution in [2.45, 2.75) is 0 Å². The van der Waals surface area contributed by atoms with E-state index in [2.05, 4.69) is 0 Å². The largest absolute Gasteiger partial charge is 0.392 e. The molecule has 0 aromatic heterocycles. The van der Waals surface area contributed by atoms with Crippen molar-refractivity contribution in [2.75, 3.05) is 6.61 Å². The topological polar surface area (TPSA) is 20.2 Å². The summed E-state index contributed by atoms with van der Waals surface area (Å²) in [6.45, 7) is -0.352. The van der Waals surface area contributed by atoms with Crippen LogP contribution in [0.15, 0.2) is 18.2 Å². The van der Waals surface area contributed by atoms with Gasteiger partial charge in [0.15, 0.2) is 11.6 Å². The van der Waals surface area contributed by atoms with E-state index in [1.807, 2.05) is 0 Å². The first-order valence-corrected chi connectivity index (χ1v) is 3.57. The second-order valence-electron chi connectivity index (χ2n) is 2.34. The quantitative estimate of drug-likeness (QED) is 0.704. The molecular weight excluding hydrogens is 181 g/mol. The Morgan fingerprint density at radius 1 is 1.15 bits per heavy atom. The summed E-state index contributed by atoms with van der Waals surface area (Å²) in [7, 11) is 0. The van der Waals surface area contributed by atoms with Gasteiger partial charge in [0.25, 0.3) is 0 Å². The second-order valence-corrected chi connectivity index (χ2v) is 2.34. The summed E-state index contributed by atoms with van der Waals surface area (Å²) in [6.07, 6.45) is 2.12. The number of aliphatic hydroxyl groups is 1. The molecule has 0 radical (unpaired) electrons. The standard InChI is InChI=1S/C9H7F3O/c10-7-3-4-8(11)9(12)6(7)2-1-5-13/h1-4,13H,5H2/b2-1+. The lowest BCUT2D eigenvalue weighted by Crippen LogP contribution is -1.93. The van der Waals surface area contributed by atoms with Gasteiger partial charge in [-0.2, -0.15) is 0 Å². The van der Waals surface area contributed by atoms with Gasteiger partial charge in [-0.15, -0.1) is 0 Å². The van der Waals surface area contributed by atoms with Gasteiger partial charge < -0.3 is 5.11 Å². The van der Waals surface area contributed by atoms with Crippen LogP contribution in [0.1, 0.15) is 5.56 Å². The number of aliphatic hydroxyl groups excluding tert-OH is 1. The molecule has 70 valence electrons. The lowest BCUT2D eigenvalue weighted by Gasteiger charge is -1.99. The Morgan fingerprint density at radius 2 is 1.77 bits per heavy atom. The highest BCUT2D eigenvalue weighted by Gasteiger charge is 2.10. The molecule has 1 rings (SSSR count). The van der Waals surface area contributed by atoms with Gasteiger partial charge in [-0.25, -0.2) is 13.2 Å². The van der Waals surface area contributed by atoms with Crippen molar-refractivity contribution in [1.82, 2.24) is 0 Å². The highest BCUT2D eigenvalue weighted by atomic mass is 19.2. The Bertz CT molecular complexity index is 334. The fourth-order valence-electron chi connectivity index (χ4n) is 0.866. The normalized spacial score (nSPS) is 11.1. The average Bonchev–Trinajstić information content (AvgIpc) is 2.12. The summed E-state index contributed by atoms with van der Waals surface area (Å²) in [6, 6.07) is 1.54.